The van der Waals surface area contributed by atoms with Crippen LogP contribution >= 0.6 is 0 Å². The summed E-state index contributed by atoms with van der Waals surface area (Å²) < 4.78 is 0. The Morgan fingerprint density at radius 3 is 2.68 bits per heavy atom. The predicted molar refractivity (Wildman–Crippen MR) is 76.6 cm³/mol. The van der Waals surface area contributed by atoms with Crippen molar-refractivity contribution in [2.24, 2.45) is 0 Å². The summed E-state index contributed by atoms with van der Waals surface area (Å²) in [5.41, 5.74) is 1.80. The van der Waals surface area contributed by atoms with E-state index in [1.54, 1.807) is 12.1 Å². The Morgan fingerprint density at radius 1 is 1.42 bits per heavy atom. The van der Waals surface area contributed by atoms with Gasteiger partial charge in [-0.25, -0.2) is 0 Å². The van der Waals surface area contributed by atoms with E-state index in [-0.39, 0.29) is 10.6 Å². The molecule has 5 heteroatoms. The van der Waals surface area contributed by atoms with Crippen LogP contribution in [0, 0.1) is 17.0 Å². The molecule has 0 saturated carbocycles. The molecule has 0 atom stereocenters. The van der Waals surface area contributed by atoms with E-state index in [0.717, 1.165) is 38.0 Å². The lowest BCUT2D eigenvalue weighted by Gasteiger charge is -2.32. The second-order valence-corrected chi connectivity index (χ2v) is 5.08. The van der Waals surface area contributed by atoms with Crippen LogP contribution in [-0.2, 0) is 0 Å². The van der Waals surface area contributed by atoms with Gasteiger partial charge in [0.1, 0.15) is 5.69 Å². The first-order chi connectivity index (χ1) is 9.11. The Balaban J connectivity index is 2.09. The van der Waals surface area contributed by atoms with Gasteiger partial charge in [0.25, 0.3) is 5.69 Å². The third kappa shape index (κ3) is 3.23. The first-order valence-corrected chi connectivity index (χ1v) is 6.84. The van der Waals surface area contributed by atoms with Gasteiger partial charge in [0.05, 0.1) is 4.92 Å². The van der Waals surface area contributed by atoms with Gasteiger partial charge in [0.15, 0.2) is 0 Å². The molecule has 1 aromatic rings. The summed E-state index contributed by atoms with van der Waals surface area (Å²) in [5.74, 6) is 0. The predicted octanol–water partition coefficient (Wildman–Crippen LogP) is 2.80. The second kappa shape index (κ2) is 6.02. The smallest absolute Gasteiger partial charge is 0.292 e. The van der Waals surface area contributed by atoms with Gasteiger partial charge in [-0.05, 0) is 31.9 Å². The Hall–Kier alpha value is -1.62. The highest BCUT2D eigenvalue weighted by Crippen LogP contribution is 2.29. The summed E-state index contributed by atoms with van der Waals surface area (Å²) in [6.45, 7) is 7.29. The highest BCUT2D eigenvalue weighted by Gasteiger charge is 2.22. The van der Waals surface area contributed by atoms with Crippen molar-refractivity contribution in [3.63, 3.8) is 0 Å². The average molecular weight is 263 g/mol. The Morgan fingerprint density at radius 2 is 2.11 bits per heavy atom. The first-order valence-electron chi connectivity index (χ1n) is 6.84. The molecule has 1 N–H and O–H groups in total. The van der Waals surface area contributed by atoms with E-state index in [9.17, 15) is 10.1 Å². The monoisotopic (exact) mass is 263 g/mol. The molecule has 0 amide bonds. The van der Waals surface area contributed by atoms with Crippen LogP contribution in [0.25, 0.3) is 0 Å². The summed E-state index contributed by atoms with van der Waals surface area (Å²) in [7, 11) is 0. The molecule has 104 valence electrons. The molecular formula is C14H21N3O2. The van der Waals surface area contributed by atoms with E-state index in [0.29, 0.717) is 11.7 Å². The molecule has 0 aliphatic carbocycles. The van der Waals surface area contributed by atoms with Gasteiger partial charge in [-0.3, -0.25) is 10.1 Å². The maximum atomic E-state index is 11.1. The van der Waals surface area contributed by atoms with E-state index in [4.69, 9.17) is 0 Å². The van der Waals surface area contributed by atoms with Gasteiger partial charge in [-0.2, -0.15) is 0 Å². The number of nitro benzene ring substituents is 1. The molecule has 1 aliphatic rings. The van der Waals surface area contributed by atoms with Crippen molar-refractivity contribution in [2.45, 2.75) is 32.7 Å². The molecule has 0 aromatic heterocycles. The fourth-order valence-electron chi connectivity index (χ4n) is 2.59. The van der Waals surface area contributed by atoms with Crippen molar-refractivity contribution in [3.05, 3.63) is 33.9 Å². The lowest BCUT2D eigenvalue weighted by atomic mass is 10.0. The lowest BCUT2D eigenvalue weighted by Crippen LogP contribution is -2.39. The minimum Gasteiger partial charge on any atom is -0.376 e. The number of nitro groups is 1. The van der Waals surface area contributed by atoms with Gasteiger partial charge in [-0.15, -0.1) is 0 Å². The van der Waals surface area contributed by atoms with E-state index >= 15 is 0 Å². The third-order valence-electron chi connectivity index (χ3n) is 3.83. The summed E-state index contributed by atoms with van der Waals surface area (Å²) >= 11 is 0. The second-order valence-electron chi connectivity index (χ2n) is 5.08. The topological polar surface area (TPSA) is 58.4 Å². The molecule has 0 unspecified atom stereocenters. The molecule has 2 rings (SSSR count). The normalized spacial score (nSPS) is 17.4. The number of hydrogen-bond donors (Lipinski definition) is 1. The van der Waals surface area contributed by atoms with Crippen LogP contribution in [0.2, 0.25) is 0 Å². The number of hydrogen-bond acceptors (Lipinski definition) is 4. The SMILES string of the molecule is CCN1CCC(Nc2c(C)cccc2[N+](=O)[O-])CC1. The lowest BCUT2D eigenvalue weighted by molar-refractivity contribution is -0.384. The summed E-state index contributed by atoms with van der Waals surface area (Å²) in [4.78, 5) is 13.2. The van der Waals surface area contributed by atoms with E-state index in [1.165, 1.54) is 0 Å². The van der Waals surface area contributed by atoms with Crippen LogP contribution in [0.4, 0.5) is 11.4 Å². The summed E-state index contributed by atoms with van der Waals surface area (Å²) in [6, 6.07) is 5.55. The molecule has 1 aromatic carbocycles. The van der Waals surface area contributed by atoms with Crippen molar-refractivity contribution in [1.82, 2.24) is 4.90 Å². The van der Waals surface area contributed by atoms with E-state index in [2.05, 4.69) is 17.1 Å². The summed E-state index contributed by atoms with van der Waals surface area (Å²) in [5, 5.41) is 14.4. The Bertz CT molecular complexity index is 454. The number of rotatable bonds is 4. The highest BCUT2D eigenvalue weighted by atomic mass is 16.6. The standard InChI is InChI=1S/C14H21N3O2/c1-3-16-9-7-12(8-10-16)15-14-11(2)5-4-6-13(14)17(18)19/h4-6,12,15H,3,7-10H2,1-2H3. The van der Waals surface area contributed by atoms with Crippen LogP contribution < -0.4 is 5.32 Å². The molecule has 0 radical (unpaired) electrons. The minimum atomic E-state index is -0.309. The quantitative estimate of drug-likeness (QED) is 0.670. The number of aryl methyl sites for hydroxylation is 1. The number of nitrogens with one attached hydrogen (secondary N) is 1. The number of para-hydroxylation sites is 1. The van der Waals surface area contributed by atoms with Crippen molar-refractivity contribution >= 4 is 11.4 Å². The van der Waals surface area contributed by atoms with Crippen molar-refractivity contribution in [1.29, 1.82) is 0 Å². The van der Waals surface area contributed by atoms with Crippen LogP contribution in [0.1, 0.15) is 25.3 Å². The molecular weight excluding hydrogens is 242 g/mol. The van der Waals surface area contributed by atoms with Gasteiger partial charge in [0.2, 0.25) is 0 Å². The molecule has 0 spiro atoms. The fraction of sp³-hybridized carbons (Fsp3) is 0.571. The zero-order valence-corrected chi connectivity index (χ0v) is 11.6. The van der Waals surface area contributed by atoms with Crippen molar-refractivity contribution in [3.8, 4) is 0 Å². The summed E-state index contributed by atoms with van der Waals surface area (Å²) in [6.07, 6.45) is 2.08. The van der Waals surface area contributed by atoms with Gasteiger partial charge in [-0.1, -0.05) is 19.1 Å². The van der Waals surface area contributed by atoms with Crippen molar-refractivity contribution in [2.75, 3.05) is 25.0 Å². The zero-order valence-electron chi connectivity index (χ0n) is 11.6. The molecule has 1 aliphatic heterocycles. The van der Waals surface area contributed by atoms with E-state index in [1.807, 2.05) is 13.0 Å². The Labute approximate surface area is 113 Å². The van der Waals surface area contributed by atoms with Crippen LogP contribution in [0.5, 0.6) is 0 Å². The van der Waals surface area contributed by atoms with Gasteiger partial charge >= 0.3 is 0 Å². The molecule has 1 fully saturated rings. The largest absolute Gasteiger partial charge is 0.376 e. The molecule has 19 heavy (non-hydrogen) atoms. The molecule has 5 nitrogen and oxygen atoms in total. The Kier molecular flexibility index (Phi) is 4.37. The highest BCUT2D eigenvalue weighted by molar-refractivity contribution is 5.66. The first kappa shape index (κ1) is 13.8. The number of likely N-dealkylation sites (tertiary alicyclic amines) is 1. The maximum Gasteiger partial charge on any atom is 0.292 e. The third-order valence-corrected chi connectivity index (χ3v) is 3.83. The number of nitrogens with zero attached hydrogens (tertiary/aromatic N) is 2. The molecule has 0 bridgehead atoms. The fourth-order valence-corrected chi connectivity index (χ4v) is 2.59. The minimum absolute atomic E-state index is 0.179. The number of anilines is 1. The number of piperidine rings is 1. The van der Waals surface area contributed by atoms with Crippen LogP contribution in [0.3, 0.4) is 0 Å². The van der Waals surface area contributed by atoms with Crippen LogP contribution in [-0.4, -0.2) is 35.5 Å². The maximum absolute atomic E-state index is 11.1. The molecule has 1 saturated heterocycles. The molecule has 1 heterocycles. The average Bonchev–Trinajstić information content (AvgIpc) is 2.41. The van der Waals surface area contributed by atoms with Gasteiger partial charge < -0.3 is 10.2 Å². The van der Waals surface area contributed by atoms with Crippen molar-refractivity contribution < 1.29 is 4.92 Å². The van der Waals surface area contributed by atoms with Crippen LogP contribution in [0.15, 0.2) is 18.2 Å². The van der Waals surface area contributed by atoms with E-state index < -0.39 is 0 Å². The number of benzene rings is 1. The van der Waals surface area contributed by atoms with Gasteiger partial charge in [0, 0.05) is 25.2 Å². The zero-order chi connectivity index (χ0) is 13.8.